The average Bonchev–Trinajstić information content (AvgIpc) is 3.20. The average molecular weight is 883 g/mol. The summed E-state index contributed by atoms with van der Waals surface area (Å²) in [5.41, 5.74) is 33.5. The van der Waals surface area contributed by atoms with Crippen molar-refractivity contribution in [3.63, 3.8) is 0 Å². The zero-order valence-corrected chi connectivity index (χ0v) is 39.3. The van der Waals surface area contributed by atoms with Crippen LogP contribution in [-0.4, -0.2) is 116 Å². The maximum atomic E-state index is 14.2. The summed E-state index contributed by atoms with van der Waals surface area (Å²) in [5, 5.41) is 17.8. The molecule has 0 aromatic carbocycles. The molecule has 0 saturated carbocycles. The number of nitrogens with two attached hydrogens (primary N) is 6. The maximum Gasteiger partial charge on any atom is 0.243 e. The van der Waals surface area contributed by atoms with Gasteiger partial charge in [0.25, 0.3) is 0 Å². The molecule has 18 heteroatoms. The SMILES string of the molecule is CC(C)(C)NC(CCCCN)C(=O)NC(CCCCN)C(=O)NC(CCCCN)C(=O)NC(CCCCN)C(=O)NC(CCCCN)C(=O)NC(CCCCN)C(=O)C(C)(C)C. The van der Waals surface area contributed by atoms with E-state index in [1.54, 1.807) is 20.8 Å². The summed E-state index contributed by atoms with van der Waals surface area (Å²) in [5.74, 6) is -2.69. The van der Waals surface area contributed by atoms with Crippen LogP contribution in [0.4, 0.5) is 0 Å². The molecule has 0 saturated heterocycles. The number of amides is 5. The second kappa shape index (κ2) is 33.3. The van der Waals surface area contributed by atoms with Crippen LogP contribution in [0.3, 0.4) is 0 Å². The number of unbranched alkanes of at least 4 members (excludes halogenated alkanes) is 6. The largest absolute Gasteiger partial charge is 0.344 e. The monoisotopic (exact) mass is 883 g/mol. The lowest BCUT2D eigenvalue weighted by molar-refractivity contribution is -0.136. The quantitative estimate of drug-likeness (QED) is 0.0383. The van der Waals surface area contributed by atoms with Crippen LogP contribution in [0.25, 0.3) is 0 Å². The lowest BCUT2D eigenvalue weighted by Crippen LogP contribution is -2.60. The van der Waals surface area contributed by atoms with E-state index in [4.69, 9.17) is 34.4 Å². The van der Waals surface area contributed by atoms with Gasteiger partial charge in [-0.15, -0.1) is 0 Å². The third-order valence-corrected chi connectivity index (χ3v) is 10.5. The molecule has 0 aromatic rings. The number of carbonyl (C=O) groups is 6. The van der Waals surface area contributed by atoms with Gasteiger partial charge in [-0.2, -0.15) is 0 Å². The smallest absolute Gasteiger partial charge is 0.243 e. The minimum Gasteiger partial charge on any atom is -0.344 e. The van der Waals surface area contributed by atoms with Crippen molar-refractivity contribution >= 4 is 35.3 Å². The van der Waals surface area contributed by atoms with Crippen molar-refractivity contribution < 1.29 is 28.8 Å². The Morgan fingerprint density at radius 1 is 0.339 bits per heavy atom. The highest BCUT2D eigenvalue weighted by atomic mass is 16.2. The van der Waals surface area contributed by atoms with Crippen LogP contribution < -0.4 is 66.3 Å². The van der Waals surface area contributed by atoms with E-state index in [2.05, 4.69) is 31.9 Å². The Bertz CT molecular complexity index is 1290. The first-order valence-electron chi connectivity index (χ1n) is 23.3. The second-order valence-corrected chi connectivity index (χ2v) is 18.6. The third-order valence-electron chi connectivity index (χ3n) is 10.5. The summed E-state index contributed by atoms with van der Waals surface area (Å²) in [6.07, 6.45) is 9.20. The van der Waals surface area contributed by atoms with Crippen LogP contribution >= 0.6 is 0 Å². The van der Waals surface area contributed by atoms with Gasteiger partial charge in [0.1, 0.15) is 24.2 Å². The Morgan fingerprint density at radius 2 is 0.548 bits per heavy atom. The number of ketones is 1. The standard InChI is InChI=1S/C44H90N12O6/c1-43(2,3)37(57)31(19-7-13-25-45)51-38(58)32(20-8-14-26-46)52-39(59)33(21-9-15-27-47)53-40(60)34(22-10-16-28-48)54-41(61)35(23-11-17-29-49)55-42(62)36(24-12-18-30-50)56-44(4,5)6/h31-36,56H,7-30,45-50H2,1-6H3,(H,51,58)(H,52,59)(H,53,60)(H,54,61)(H,55,62). The first-order valence-corrected chi connectivity index (χ1v) is 23.3. The zero-order chi connectivity index (χ0) is 47.1. The molecular weight excluding hydrogens is 793 g/mol. The lowest BCUT2D eigenvalue weighted by atomic mass is 9.84. The van der Waals surface area contributed by atoms with Crippen molar-refractivity contribution in [2.45, 2.75) is 199 Å². The number of rotatable bonds is 36. The van der Waals surface area contributed by atoms with Crippen LogP contribution in [0.15, 0.2) is 0 Å². The predicted molar refractivity (Wildman–Crippen MR) is 248 cm³/mol. The summed E-state index contributed by atoms with van der Waals surface area (Å²) in [7, 11) is 0. The minimum absolute atomic E-state index is 0.130. The molecule has 6 unspecified atom stereocenters. The molecule has 0 aromatic heterocycles. The summed E-state index contributed by atoms with van der Waals surface area (Å²) < 4.78 is 0. The Morgan fingerprint density at radius 3 is 0.774 bits per heavy atom. The first-order chi connectivity index (χ1) is 29.3. The van der Waals surface area contributed by atoms with Gasteiger partial charge in [-0.1, -0.05) is 27.2 Å². The topological polar surface area (TPSA) is 331 Å². The van der Waals surface area contributed by atoms with Crippen LogP contribution in [0.1, 0.15) is 157 Å². The molecule has 0 bridgehead atoms. The van der Waals surface area contributed by atoms with Crippen LogP contribution in [0.2, 0.25) is 0 Å². The second-order valence-electron chi connectivity index (χ2n) is 18.6. The fraction of sp³-hybridized carbons (Fsp3) is 0.864. The zero-order valence-electron chi connectivity index (χ0n) is 39.3. The molecular formula is C44H90N12O6. The van der Waals surface area contributed by atoms with Crippen molar-refractivity contribution in [2.24, 2.45) is 39.8 Å². The molecule has 0 heterocycles. The van der Waals surface area contributed by atoms with E-state index in [1.807, 2.05) is 20.8 Å². The highest BCUT2D eigenvalue weighted by Gasteiger charge is 2.35. The molecule has 18 nitrogen and oxygen atoms in total. The van der Waals surface area contributed by atoms with Gasteiger partial charge in [-0.25, -0.2) is 0 Å². The number of Topliss-reactive ketones (excluding diaryl/α,β-unsaturated/α-hetero) is 1. The Kier molecular flexibility index (Phi) is 31.5. The van der Waals surface area contributed by atoms with Crippen molar-refractivity contribution in [2.75, 3.05) is 39.3 Å². The number of nitrogens with one attached hydrogen (secondary N) is 6. The van der Waals surface area contributed by atoms with Gasteiger partial charge in [0.15, 0.2) is 5.78 Å². The molecule has 5 amide bonds. The fourth-order valence-electron chi connectivity index (χ4n) is 6.98. The molecule has 6 atom stereocenters. The molecule has 18 N–H and O–H groups in total. The summed E-state index contributed by atoms with van der Waals surface area (Å²) in [6, 6.07) is -5.48. The molecule has 0 radical (unpaired) electrons. The normalized spacial score (nSPS) is 14.8. The summed E-state index contributed by atoms with van der Waals surface area (Å²) in [6.45, 7) is 13.8. The van der Waals surface area contributed by atoms with Gasteiger partial charge < -0.3 is 66.3 Å². The van der Waals surface area contributed by atoms with E-state index in [9.17, 15) is 28.8 Å². The van der Waals surface area contributed by atoms with Gasteiger partial charge in [-0.3, -0.25) is 28.8 Å². The Balaban J connectivity index is 6.57. The van der Waals surface area contributed by atoms with Crippen molar-refractivity contribution in [3.05, 3.63) is 0 Å². The Labute approximate surface area is 373 Å². The third kappa shape index (κ3) is 26.4. The van der Waals surface area contributed by atoms with E-state index in [1.165, 1.54) is 0 Å². The first kappa shape index (κ1) is 58.7. The number of hydrogen-bond acceptors (Lipinski definition) is 13. The molecule has 362 valence electrons. The van der Waals surface area contributed by atoms with Crippen molar-refractivity contribution in [1.29, 1.82) is 0 Å². The summed E-state index contributed by atoms with van der Waals surface area (Å²) in [4.78, 5) is 83.4. The van der Waals surface area contributed by atoms with Gasteiger partial charge in [0.2, 0.25) is 29.5 Å². The molecule has 0 spiro atoms. The molecule has 0 fully saturated rings. The van der Waals surface area contributed by atoms with Crippen LogP contribution in [-0.2, 0) is 28.8 Å². The van der Waals surface area contributed by atoms with Gasteiger partial charge in [0.05, 0.1) is 12.1 Å². The molecule has 0 aliphatic rings. The molecule has 62 heavy (non-hydrogen) atoms. The molecule has 0 aliphatic carbocycles. The van der Waals surface area contributed by atoms with Crippen molar-refractivity contribution in [3.8, 4) is 0 Å². The van der Waals surface area contributed by atoms with Gasteiger partial charge in [0, 0.05) is 11.0 Å². The van der Waals surface area contributed by atoms with Gasteiger partial charge >= 0.3 is 0 Å². The lowest BCUT2D eigenvalue weighted by Gasteiger charge is -2.30. The van der Waals surface area contributed by atoms with Crippen LogP contribution in [0.5, 0.6) is 0 Å². The Hall–Kier alpha value is -3.26. The van der Waals surface area contributed by atoms with E-state index in [0.717, 1.165) is 12.8 Å². The number of carbonyl (C=O) groups excluding carboxylic acids is 6. The van der Waals surface area contributed by atoms with E-state index in [-0.39, 0.29) is 36.5 Å². The number of hydrogen-bond donors (Lipinski definition) is 12. The predicted octanol–water partition coefficient (Wildman–Crippen LogP) is 0.556. The van der Waals surface area contributed by atoms with Crippen molar-refractivity contribution in [1.82, 2.24) is 31.9 Å². The molecule has 0 aliphatic heterocycles. The van der Waals surface area contributed by atoms with E-state index < -0.39 is 65.3 Å². The van der Waals surface area contributed by atoms with E-state index >= 15 is 0 Å². The summed E-state index contributed by atoms with van der Waals surface area (Å²) >= 11 is 0. The maximum absolute atomic E-state index is 14.2. The van der Waals surface area contributed by atoms with Gasteiger partial charge in [-0.05, 0) is 169 Å². The fourth-order valence-corrected chi connectivity index (χ4v) is 6.98. The van der Waals surface area contributed by atoms with Crippen LogP contribution in [0, 0.1) is 5.41 Å². The van der Waals surface area contributed by atoms with E-state index in [0.29, 0.717) is 123 Å². The minimum atomic E-state index is -1.08. The molecule has 0 rings (SSSR count). The highest BCUT2D eigenvalue weighted by molar-refractivity contribution is 5.97. The highest BCUT2D eigenvalue weighted by Crippen LogP contribution is 2.20.